The standard InChI is InChI=1S/C27H23N3O5S2/c1-17(26(31)28-21-12-7-9-18-8-3-4-10-20(18)21)36-27-29-23-16-19(14-15-25(23)35-27)37(32,33)30-22-11-5-6-13-24(22)34-2/h3-17,30H,1-2H3,(H,28,31). The Bertz CT molecular complexity index is 1710. The van der Waals surface area contributed by atoms with Crippen molar-refractivity contribution in [2.75, 3.05) is 17.1 Å². The van der Waals surface area contributed by atoms with E-state index in [1.165, 1.54) is 19.2 Å². The van der Waals surface area contributed by atoms with Crippen molar-refractivity contribution in [2.45, 2.75) is 22.3 Å². The van der Waals surface area contributed by atoms with Gasteiger partial charge in [0.05, 0.1) is 22.9 Å². The zero-order chi connectivity index (χ0) is 26.0. The number of carbonyl (C=O) groups excluding carboxylic acids is 1. The van der Waals surface area contributed by atoms with Gasteiger partial charge in [0.1, 0.15) is 11.3 Å². The first-order valence-corrected chi connectivity index (χ1v) is 13.7. The molecule has 1 atom stereocenters. The minimum atomic E-state index is -3.90. The summed E-state index contributed by atoms with van der Waals surface area (Å²) in [5.74, 6) is 0.205. The van der Waals surface area contributed by atoms with E-state index in [4.69, 9.17) is 9.15 Å². The third-order valence-corrected chi connectivity index (χ3v) is 8.00. The van der Waals surface area contributed by atoms with Crippen LogP contribution in [0.25, 0.3) is 21.9 Å². The molecule has 0 saturated carbocycles. The highest BCUT2D eigenvalue weighted by Crippen LogP contribution is 2.31. The number of hydrogen-bond acceptors (Lipinski definition) is 7. The lowest BCUT2D eigenvalue weighted by Crippen LogP contribution is -2.22. The number of oxazole rings is 1. The highest BCUT2D eigenvalue weighted by molar-refractivity contribution is 8.00. The number of methoxy groups -OCH3 is 1. The van der Waals surface area contributed by atoms with E-state index in [9.17, 15) is 13.2 Å². The number of amides is 1. The second-order valence-electron chi connectivity index (χ2n) is 8.19. The predicted octanol–water partition coefficient (Wildman–Crippen LogP) is 5.91. The molecule has 1 amide bonds. The summed E-state index contributed by atoms with van der Waals surface area (Å²) in [7, 11) is -2.43. The molecule has 1 unspecified atom stereocenters. The molecule has 1 aromatic heterocycles. The predicted molar refractivity (Wildman–Crippen MR) is 146 cm³/mol. The quantitative estimate of drug-likeness (QED) is 0.239. The number of fused-ring (bicyclic) bond motifs is 2. The highest BCUT2D eigenvalue weighted by atomic mass is 32.2. The van der Waals surface area contributed by atoms with Crippen molar-refractivity contribution < 1.29 is 22.4 Å². The van der Waals surface area contributed by atoms with Crippen LogP contribution in [-0.2, 0) is 14.8 Å². The fourth-order valence-electron chi connectivity index (χ4n) is 3.81. The van der Waals surface area contributed by atoms with Crippen LogP contribution >= 0.6 is 11.8 Å². The fourth-order valence-corrected chi connectivity index (χ4v) is 5.66. The molecule has 0 saturated heterocycles. The van der Waals surface area contributed by atoms with E-state index >= 15 is 0 Å². The van der Waals surface area contributed by atoms with Crippen molar-refractivity contribution in [1.82, 2.24) is 4.98 Å². The normalized spacial score (nSPS) is 12.4. The molecule has 0 bridgehead atoms. The van der Waals surface area contributed by atoms with Gasteiger partial charge in [0.25, 0.3) is 15.2 Å². The molecule has 10 heteroatoms. The fraction of sp³-hybridized carbons (Fsp3) is 0.111. The molecule has 0 fully saturated rings. The Morgan fingerprint density at radius 2 is 1.70 bits per heavy atom. The molecule has 188 valence electrons. The number of aromatic nitrogens is 1. The van der Waals surface area contributed by atoms with Gasteiger partial charge in [-0.2, -0.15) is 0 Å². The van der Waals surface area contributed by atoms with Crippen LogP contribution in [0.1, 0.15) is 6.92 Å². The van der Waals surface area contributed by atoms with Gasteiger partial charge >= 0.3 is 0 Å². The third-order valence-electron chi connectivity index (χ3n) is 5.70. The maximum absolute atomic E-state index is 13.0. The van der Waals surface area contributed by atoms with Crippen molar-refractivity contribution in [3.63, 3.8) is 0 Å². The number of sulfonamides is 1. The monoisotopic (exact) mass is 533 g/mol. The molecule has 0 aliphatic carbocycles. The van der Waals surface area contributed by atoms with Crippen molar-refractivity contribution in [3.05, 3.63) is 84.9 Å². The minimum Gasteiger partial charge on any atom is -0.495 e. The lowest BCUT2D eigenvalue weighted by atomic mass is 10.1. The summed E-state index contributed by atoms with van der Waals surface area (Å²) in [5.41, 5.74) is 1.84. The first-order valence-electron chi connectivity index (χ1n) is 11.4. The summed E-state index contributed by atoms with van der Waals surface area (Å²) in [5, 5.41) is 4.71. The second kappa shape index (κ2) is 10.2. The van der Waals surface area contributed by atoms with Crippen molar-refractivity contribution >= 4 is 60.9 Å². The Hall–Kier alpha value is -4.02. The SMILES string of the molecule is COc1ccccc1NS(=O)(=O)c1ccc2oc(SC(C)C(=O)Nc3cccc4ccccc34)nc2c1. The van der Waals surface area contributed by atoms with Gasteiger partial charge in [-0.25, -0.2) is 13.4 Å². The van der Waals surface area contributed by atoms with E-state index < -0.39 is 15.3 Å². The Morgan fingerprint density at radius 1 is 0.973 bits per heavy atom. The van der Waals surface area contributed by atoms with Crippen LogP contribution in [0.3, 0.4) is 0 Å². The summed E-state index contributed by atoms with van der Waals surface area (Å²) < 4.78 is 39.5. The van der Waals surface area contributed by atoms with E-state index in [-0.39, 0.29) is 16.0 Å². The highest BCUT2D eigenvalue weighted by Gasteiger charge is 2.21. The van der Waals surface area contributed by atoms with Crippen LogP contribution < -0.4 is 14.8 Å². The molecule has 8 nitrogen and oxygen atoms in total. The lowest BCUT2D eigenvalue weighted by molar-refractivity contribution is -0.115. The second-order valence-corrected chi connectivity index (χ2v) is 11.2. The molecule has 2 N–H and O–H groups in total. The maximum Gasteiger partial charge on any atom is 0.262 e. The molecule has 0 radical (unpaired) electrons. The number of carbonyl (C=O) groups is 1. The van der Waals surface area contributed by atoms with Crippen molar-refractivity contribution in [1.29, 1.82) is 0 Å². The average molecular weight is 534 g/mol. The van der Waals surface area contributed by atoms with Gasteiger partial charge in [-0.1, -0.05) is 60.3 Å². The Labute approximate surface area is 218 Å². The van der Waals surface area contributed by atoms with Crippen LogP contribution in [-0.4, -0.2) is 31.7 Å². The molecule has 0 spiro atoms. The molecular weight excluding hydrogens is 510 g/mol. The number of thioether (sulfide) groups is 1. The minimum absolute atomic E-state index is 0.0255. The Kier molecular flexibility index (Phi) is 6.77. The van der Waals surface area contributed by atoms with Gasteiger partial charge in [0.2, 0.25) is 5.91 Å². The molecule has 5 rings (SSSR count). The van der Waals surface area contributed by atoms with E-state index in [1.807, 2.05) is 42.5 Å². The number of ether oxygens (including phenoxy) is 1. The topological polar surface area (TPSA) is 111 Å². The summed E-state index contributed by atoms with van der Waals surface area (Å²) in [6.45, 7) is 1.76. The van der Waals surface area contributed by atoms with E-state index in [2.05, 4.69) is 15.0 Å². The van der Waals surface area contributed by atoms with Crippen molar-refractivity contribution in [3.8, 4) is 5.75 Å². The molecule has 0 aliphatic heterocycles. The number of rotatable bonds is 8. The molecule has 37 heavy (non-hydrogen) atoms. The zero-order valence-electron chi connectivity index (χ0n) is 20.0. The summed E-state index contributed by atoms with van der Waals surface area (Å²) in [6, 6.07) is 24.7. The van der Waals surface area contributed by atoms with Crippen LogP contribution in [0.5, 0.6) is 5.75 Å². The van der Waals surface area contributed by atoms with Gasteiger partial charge in [0.15, 0.2) is 5.58 Å². The van der Waals surface area contributed by atoms with Crippen LogP contribution in [0.2, 0.25) is 0 Å². The number of benzene rings is 4. The van der Waals surface area contributed by atoms with E-state index in [0.717, 1.165) is 28.2 Å². The van der Waals surface area contributed by atoms with Crippen LogP contribution in [0, 0.1) is 0 Å². The van der Waals surface area contributed by atoms with E-state index in [0.29, 0.717) is 22.5 Å². The number of hydrogen-bond donors (Lipinski definition) is 2. The number of anilines is 2. The summed E-state index contributed by atoms with van der Waals surface area (Å²) >= 11 is 1.15. The van der Waals surface area contributed by atoms with Gasteiger partial charge in [-0.3, -0.25) is 9.52 Å². The van der Waals surface area contributed by atoms with E-state index in [1.54, 1.807) is 37.3 Å². The maximum atomic E-state index is 13.0. The summed E-state index contributed by atoms with van der Waals surface area (Å²) in [6.07, 6.45) is 0. The Morgan fingerprint density at radius 3 is 2.54 bits per heavy atom. The Balaban J connectivity index is 1.32. The number of para-hydroxylation sites is 2. The average Bonchev–Trinajstić information content (AvgIpc) is 3.30. The largest absolute Gasteiger partial charge is 0.495 e. The third kappa shape index (κ3) is 5.25. The summed E-state index contributed by atoms with van der Waals surface area (Å²) in [4.78, 5) is 17.3. The smallest absolute Gasteiger partial charge is 0.262 e. The first-order chi connectivity index (χ1) is 17.8. The lowest BCUT2D eigenvalue weighted by Gasteiger charge is -2.12. The molecule has 0 aliphatic rings. The number of nitrogens with one attached hydrogen (secondary N) is 2. The van der Waals surface area contributed by atoms with Crippen LogP contribution in [0.15, 0.2) is 99.5 Å². The van der Waals surface area contributed by atoms with Gasteiger partial charge < -0.3 is 14.5 Å². The zero-order valence-corrected chi connectivity index (χ0v) is 21.6. The van der Waals surface area contributed by atoms with Gasteiger partial charge in [-0.05, 0) is 48.7 Å². The van der Waals surface area contributed by atoms with Gasteiger partial charge in [0, 0.05) is 11.1 Å². The first kappa shape index (κ1) is 24.7. The van der Waals surface area contributed by atoms with Gasteiger partial charge in [-0.15, -0.1) is 0 Å². The molecule has 4 aromatic carbocycles. The van der Waals surface area contributed by atoms with Crippen LogP contribution in [0.4, 0.5) is 11.4 Å². The molecule has 5 aromatic rings. The number of nitrogens with zero attached hydrogens (tertiary/aromatic N) is 1. The molecular formula is C27H23N3O5S2. The van der Waals surface area contributed by atoms with Crippen molar-refractivity contribution in [2.24, 2.45) is 0 Å². The molecule has 1 heterocycles.